The van der Waals surface area contributed by atoms with Crippen LogP contribution in [0.1, 0.15) is 38.2 Å². The minimum atomic E-state index is -0.357. The van der Waals surface area contributed by atoms with Gasteiger partial charge in [0.2, 0.25) is 5.91 Å². The van der Waals surface area contributed by atoms with Crippen molar-refractivity contribution in [3.8, 4) is 0 Å². The van der Waals surface area contributed by atoms with Crippen LogP contribution in [0.25, 0.3) is 0 Å². The summed E-state index contributed by atoms with van der Waals surface area (Å²) in [5.41, 5.74) is 0.741. The van der Waals surface area contributed by atoms with Gasteiger partial charge < -0.3 is 10.4 Å². The Bertz CT molecular complexity index is 394. The van der Waals surface area contributed by atoms with E-state index in [9.17, 15) is 9.90 Å². The standard InChI is InChI=1S/C15H21NO2/c1-2-13(11-17)16-14(18)15(9-6-10-15)12-7-4-3-5-8-12/h3-5,7-8,13,17H,2,6,9-11H2,1H3,(H,16,18)/t13-/m1/s1. The maximum Gasteiger partial charge on any atom is 0.230 e. The van der Waals surface area contributed by atoms with Gasteiger partial charge in [-0.05, 0) is 24.8 Å². The van der Waals surface area contributed by atoms with Crippen LogP contribution in [0, 0.1) is 0 Å². The molecule has 0 saturated heterocycles. The molecule has 98 valence electrons. The number of benzene rings is 1. The van der Waals surface area contributed by atoms with E-state index in [1.807, 2.05) is 37.3 Å². The molecule has 0 heterocycles. The van der Waals surface area contributed by atoms with E-state index in [4.69, 9.17) is 0 Å². The molecular formula is C15H21NO2. The van der Waals surface area contributed by atoms with E-state index < -0.39 is 0 Å². The molecule has 0 radical (unpaired) electrons. The van der Waals surface area contributed by atoms with Gasteiger partial charge in [0.05, 0.1) is 18.1 Å². The van der Waals surface area contributed by atoms with Crippen LogP contribution < -0.4 is 5.32 Å². The molecule has 1 atom stereocenters. The monoisotopic (exact) mass is 247 g/mol. The second kappa shape index (κ2) is 5.53. The smallest absolute Gasteiger partial charge is 0.230 e. The molecule has 0 aromatic heterocycles. The molecule has 2 rings (SSSR count). The molecule has 2 N–H and O–H groups in total. The number of rotatable bonds is 5. The summed E-state index contributed by atoms with van der Waals surface area (Å²) in [6.07, 6.45) is 3.67. The van der Waals surface area contributed by atoms with Gasteiger partial charge in [-0.3, -0.25) is 4.79 Å². The number of aliphatic hydroxyl groups is 1. The number of carbonyl (C=O) groups is 1. The molecule has 0 aliphatic heterocycles. The van der Waals surface area contributed by atoms with Gasteiger partial charge in [0.25, 0.3) is 0 Å². The fraction of sp³-hybridized carbons (Fsp3) is 0.533. The van der Waals surface area contributed by atoms with Crippen molar-refractivity contribution < 1.29 is 9.90 Å². The second-order valence-electron chi connectivity index (χ2n) is 5.06. The Morgan fingerprint density at radius 2 is 2.06 bits per heavy atom. The van der Waals surface area contributed by atoms with E-state index in [2.05, 4.69) is 5.32 Å². The molecule has 1 aliphatic carbocycles. The first-order chi connectivity index (χ1) is 8.73. The second-order valence-corrected chi connectivity index (χ2v) is 5.06. The van der Waals surface area contributed by atoms with Gasteiger partial charge in [-0.1, -0.05) is 43.7 Å². The molecule has 1 amide bonds. The van der Waals surface area contributed by atoms with Crippen molar-refractivity contribution in [1.29, 1.82) is 0 Å². The molecule has 0 spiro atoms. The Hall–Kier alpha value is -1.35. The predicted molar refractivity (Wildman–Crippen MR) is 71.3 cm³/mol. The van der Waals surface area contributed by atoms with Gasteiger partial charge >= 0.3 is 0 Å². The summed E-state index contributed by atoms with van der Waals surface area (Å²) in [7, 11) is 0. The highest BCUT2D eigenvalue weighted by molar-refractivity contribution is 5.89. The summed E-state index contributed by atoms with van der Waals surface area (Å²) in [4.78, 5) is 12.5. The lowest BCUT2D eigenvalue weighted by Gasteiger charge is -2.41. The Morgan fingerprint density at radius 1 is 1.39 bits per heavy atom. The fourth-order valence-electron chi connectivity index (χ4n) is 2.53. The summed E-state index contributed by atoms with van der Waals surface area (Å²) in [5.74, 6) is 0.0702. The molecule has 1 aromatic carbocycles. The number of carbonyl (C=O) groups excluding carboxylic acids is 1. The van der Waals surface area contributed by atoms with E-state index in [1.54, 1.807) is 0 Å². The highest BCUT2D eigenvalue weighted by atomic mass is 16.3. The summed E-state index contributed by atoms with van der Waals surface area (Å²) in [5, 5.41) is 12.2. The molecule has 3 heteroatoms. The SMILES string of the molecule is CC[C@H](CO)NC(=O)C1(c2ccccc2)CCC1. The van der Waals surface area contributed by atoms with Crippen LogP contribution in [0.2, 0.25) is 0 Å². The Balaban J connectivity index is 2.15. The van der Waals surface area contributed by atoms with Crippen LogP contribution in [-0.4, -0.2) is 23.7 Å². The molecule has 1 aromatic rings. The minimum Gasteiger partial charge on any atom is -0.394 e. The van der Waals surface area contributed by atoms with Gasteiger partial charge in [-0.15, -0.1) is 0 Å². The zero-order chi connectivity index (χ0) is 13.0. The maximum absolute atomic E-state index is 12.5. The van der Waals surface area contributed by atoms with Gasteiger partial charge in [0, 0.05) is 0 Å². The Kier molecular flexibility index (Phi) is 4.02. The van der Waals surface area contributed by atoms with Gasteiger partial charge in [-0.25, -0.2) is 0 Å². The van der Waals surface area contributed by atoms with Gasteiger partial charge in [-0.2, -0.15) is 0 Å². The molecule has 3 nitrogen and oxygen atoms in total. The molecule has 18 heavy (non-hydrogen) atoms. The zero-order valence-corrected chi connectivity index (χ0v) is 10.9. The summed E-state index contributed by atoms with van der Waals surface area (Å²) < 4.78 is 0. The van der Waals surface area contributed by atoms with Crippen molar-refractivity contribution >= 4 is 5.91 Å². The molecule has 0 unspecified atom stereocenters. The molecule has 1 aliphatic rings. The third-order valence-electron chi connectivity index (χ3n) is 4.02. The third kappa shape index (κ3) is 2.27. The van der Waals surface area contributed by atoms with Crippen molar-refractivity contribution in [3.63, 3.8) is 0 Å². The number of hydrogen-bond acceptors (Lipinski definition) is 2. The summed E-state index contributed by atoms with van der Waals surface area (Å²) in [6, 6.07) is 9.85. The quantitative estimate of drug-likeness (QED) is 0.836. The molecule has 0 bridgehead atoms. The van der Waals surface area contributed by atoms with Crippen molar-refractivity contribution in [2.45, 2.75) is 44.1 Å². The van der Waals surface area contributed by atoms with Crippen LogP contribution in [0.3, 0.4) is 0 Å². The number of nitrogens with one attached hydrogen (secondary N) is 1. The van der Waals surface area contributed by atoms with E-state index in [0.717, 1.165) is 31.2 Å². The topological polar surface area (TPSA) is 49.3 Å². The Morgan fingerprint density at radius 3 is 2.50 bits per heavy atom. The van der Waals surface area contributed by atoms with Gasteiger partial charge in [0.1, 0.15) is 0 Å². The van der Waals surface area contributed by atoms with E-state index in [-0.39, 0.29) is 24.0 Å². The Labute approximate surface area is 108 Å². The highest BCUT2D eigenvalue weighted by Crippen LogP contribution is 2.43. The van der Waals surface area contributed by atoms with Crippen molar-refractivity contribution in [2.75, 3.05) is 6.61 Å². The average molecular weight is 247 g/mol. The first kappa shape index (κ1) is 13.1. The molecular weight excluding hydrogens is 226 g/mol. The van der Waals surface area contributed by atoms with Crippen LogP contribution in [-0.2, 0) is 10.2 Å². The lowest BCUT2D eigenvalue weighted by atomic mass is 9.63. The van der Waals surface area contributed by atoms with Crippen LogP contribution in [0.4, 0.5) is 0 Å². The van der Waals surface area contributed by atoms with Crippen LogP contribution in [0.15, 0.2) is 30.3 Å². The van der Waals surface area contributed by atoms with Crippen molar-refractivity contribution in [1.82, 2.24) is 5.32 Å². The first-order valence-electron chi connectivity index (χ1n) is 6.70. The predicted octanol–water partition coefficient (Wildman–Crippen LogP) is 2.00. The van der Waals surface area contributed by atoms with Crippen molar-refractivity contribution in [2.24, 2.45) is 0 Å². The van der Waals surface area contributed by atoms with Crippen LogP contribution in [0.5, 0.6) is 0 Å². The van der Waals surface area contributed by atoms with E-state index in [0.29, 0.717) is 0 Å². The highest BCUT2D eigenvalue weighted by Gasteiger charge is 2.45. The van der Waals surface area contributed by atoms with Gasteiger partial charge in [0.15, 0.2) is 0 Å². The first-order valence-corrected chi connectivity index (χ1v) is 6.70. The lowest BCUT2D eigenvalue weighted by Crippen LogP contribution is -2.52. The lowest BCUT2D eigenvalue weighted by molar-refractivity contribution is -0.131. The van der Waals surface area contributed by atoms with E-state index >= 15 is 0 Å². The van der Waals surface area contributed by atoms with E-state index in [1.165, 1.54) is 0 Å². The largest absolute Gasteiger partial charge is 0.394 e. The fourth-order valence-corrected chi connectivity index (χ4v) is 2.53. The summed E-state index contributed by atoms with van der Waals surface area (Å²) >= 11 is 0. The number of hydrogen-bond donors (Lipinski definition) is 2. The van der Waals surface area contributed by atoms with Crippen molar-refractivity contribution in [3.05, 3.63) is 35.9 Å². The summed E-state index contributed by atoms with van der Waals surface area (Å²) in [6.45, 7) is 1.98. The average Bonchev–Trinajstić information content (AvgIpc) is 2.36. The van der Waals surface area contributed by atoms with Crippen LogP contribution >= 0.6 is 0 Å². The normalized spacial score (nSPS) is 18.8. The maximum atomic E-state index is 12.5. The third-order valence-corrected chi connectivity index (χ3v) is 4.02. The zero-order valence-electron chi connectivity index (χ0n) is 10.9. The molecule has 1 saturated carbocycles. The number of aliphatic hydroxyl groups excluding tert-OH is 1. The molecule has 1 fully saturated rings. The number of amides is 1. The minimum absolute atomic E-state index is 0.00705.